The predicted molar refractivity (Wildman–Crippen MR) is 78.8 cm³/mol. The highest BCUT2D eigenvalue weighted by Gasteiger charge is 2.20. The van der Waals surface area contributed by atoms with Crippen LogP contribution in [0.3, 0.4) is 0 Å². The number of amides is 1. The van der Waals surface area contributed by atoms with Gasteiger partial charge in [-0.05, 0) is 35.9 Å². The van der Waals surface area contributed by atoms with Crippen molar-refractivity contribution in [2.75, 3.05) is 18.9 Å². The lowest BCUT2D eigenvalue weighted by molar-refractivity contribution is -0.115. The lowest BCUT2D eigenvalue weighted by atomic mass is 9.91. The molecular formula is C16H17N3O. The Kier molecular flexibility index (Phi) is 3.48. The molecule has 0 saturated heterocycles. The molecule has 1 unspecified atom stereocenters. The minimum atomic E-state index is 0.0729. The number of likely N-dealkylation sites (N-methyl/N-ethyl adjacent to an activating group) is 1. The summed E-state index contributed by atoms with van der Waals surface area (Å²) in [4.78, 5) is 15.6. The van der Waals surface area contributed by atoms with Crippen molar-refractivity contribution in [2.45, 2.75) is 12.3 Å². The van der Waals surface area contributed by atoms with E-state index in [-0.39, 0.29) is 11.8 Å². The summed E-state index contributed by atoms with van der Waals surface area (Å²) in [5.41, 5.74) is 4.41. The quantitative estimate of drug-likeness (QED) is 0.890. The first-order valence-corrected chi connectivity index (χ1v) is 6.75. The molecule has 2 N–H and O–H groups in total. The van der Waals surface area contributed by atoms with Gasteiger partial charge in [-0.3, -0.25) is 9.78 Å². The molecule has 0 fully saturated rings. The number of fused-ring (bicyclic) bond motifs is 1. The third kappa shape index (κ3) is 2.42. The average Bonchev–Trinajstić information content (AvgIpc) is 2.84. The number of aromatic nitrogens is 1. The number of pyridine rings is 1. The topological polar surface area (TPSA) is 54.0 Å². The van der Waals surface area contributed by atoms with Crippen molar-refractivity contribution < 1.29 is 4.79 Å². The third-order valence-electron chi connectivity index (χ3n) is 3.65. The van der Waals surface area contributed by atoms with E-state index in [0.29, 0.717) is 6.42 Å². The van der Waals surface area contributed by atoms with Crippen LogP contribution in [0.15, 0.2) is 42.7 Å². The van der Waals surface area contributed by atoms with E-state index in [1.54, 1.807) is 6.20 Å². The van der Waals surface area contributed by atoms with E-state index in [9.17, 15) is 4.79 Å². The van der Waals surface area contributed by atoms with E-state index < -0.39 is 0 Å². The van der Waals surface area contributed by atoms with Gasteiger partial charge in [0.1, 0.15) is 0 Å². The van der Waals surface area contributed by atoms with Gasteiger partial charge in [0.05, 0.1) is 6.42 Å². The fraction of sp³-hybridized carbons (Fsp3) is 0.250. The van der Waals surface area contributed by atoms with Gasteiger partial charge < -0.3 is 10.6 Å². The maximum absolute atomic E-state index is 11.4. The summed E-state index contributed by atoms with van der Waals surface area (Å²) in [5.74, 6) is 0.318. The van der Waals surface area contributed by atoms with Crippen molar-refractivity contribution in [1.29, 1.82) is 0 Å². The number of carbonyl (C=O) groups is 1. The highest BCUT2D eigenvalue weighted by atomic mass is 16.1. The van der Waals surface area contributed by atoms with Crippen LogP contribution in [0.4, 0.5) is 5.69 Å². The molecule has 4 heteroatoms. The van der Waals surface area contributed by atoms with Gasteiger partial charge in [-0.15, -0.1) is 0 Å². The molecule has 0 saturated carbocycles. The van der Waals surface area contributed by atoms with Crippen LogP contribution >= 0.6 is 0 Å². The van der Waals surface area contributed by atoms with Gasteiger partial charge in [0, 0.05) is 30.5 Å². The molecule has 2 aromatic rings. The predicted octanol–water partition coefficient (Wildman–Crippen LogP) is 1.93. The van der Waals surface area contributed by atoms with Crippen molar-refractivity contribution in [2.24, 2.45) is 0 Å². The first kappa shape index (κ1) is 12.8. The molecule has 1 aromatic heterocycles. The SMILES string of the molecule is CNCC(c1cccnc1)c1ccc2c(c1)CC(=O)N2. The molecule has 0 bridgehead atoms. The zero-order valence-corrected chi connectivity index (χ0v) is 11.4. The molecule has 4 nitrogen and oxygen atoms in total. The monoisotopic (exact) mass is 267 g/mol. The average molecular weight is 267 g/mol. The fourth-order valence-corrected chi connectivity index (χ4v) is 2.68. The van der Waals surface area contributed by atoms with Crippen LogP contribution in [0, 0.1) is 0 Å². The van der Waals surface area contributed by atoms with Crippen molar-refractivity contribution in [3.05, 3.63) is 59.4 Å². The largest absolute Gasteiger partial charge is 0.326 e. The minimum absolute atomic E-state index is 0.0729. The van der Waals surface area contributed by atoms with E-state index >= 15 is 0 Å². The number of hydrogen-bond acceptors (Lipinski definition) is 3. The molecule has 1 aromatic carbocycles. The summed E-state index contributed by atoms with van der Waals surface area (Å²) in [6, 6.07) is 10.2. The van der Waals surface area contributed by atoms with E-state index in [1.807, 2.05) is 25.4 Å². The molecule has 2 heterocycles. The third-order valence-corrected chi connectivity index (χ3v) is 3.65. The van der Waals surface area contributed by atoms with Crippen LogP contribution < -0.4 is 10.6 Å². The number of anilines is 1. The van der Waals surface area contributed by atoms with Crippen molar-refractivity contribution in [3.63, 3.8) is 0 Å². The Labute approximate surface area is 118 Å². The second-order valence-electron chi connectivity index (χ2n) is 5.04. The van der Waals surface area contributed by atoms with Gasteiger partial charge in [-0.1, -0.05) is 18.2 Å². The molecule has 1 aliphatic heterocycles. The second kappa shape index (κ2) is 5.43. The Morgan fingerprint density at radius 2 is 2.25 bits per heavy atom. The van der Waals surface area contributed by atoms with Gasteiger partial charge in [0.15, 0.2) is 0 Å². The first-order valence-electron chi connectivity index (χ1n) is 6.75. The number of nitrogens with one attached hydrogen (secondary N) is 2. The number of benzene rings is 1. The lowest BCUT2D eigenvalue weighted by Gasteiger charge is -2.18. The molecule has 20 heavy (non-hydrogen) atoms. The molecule has 1 aliphatic rings. The minimum Gasteiger partial charge on any atom is -0.326 e. The number of hydrogen-bond donors (Lipinski definition) is 2. The first-order chi connectivity index (χ1) is 9.78. The summed E-state index contributed by atoms with van der Waals surface area (Å²) in [5, 5.41) is 6.10. The number of nitrogens with zero attached hydrogens (tertiary/aromatic N) is 1. The number of carbonyl (C=O) groups excluding carboxylic acids is 1. The van der Waals surface area contributed by atoms with Crippen LogP contribution in [-0.2, 0) is 11.2 Å². The van der Waals surface area contributed by atoms with Crippen molar-refractivity contribution in [1.82, 2.24) is 10.3 Å². The number of rotatable bonds is 4. The Morgan fingerprint density at radius 3 is 3.00 bits per heavy atom. The molecular weight excluding hydrogens is 250 g/mol. The summed E-state index contributed by atoms with van der Waals surface area (Å²) < 4.78 is 0. The second-order valence-corrected chi connectivity index (χ2v) is 5.04. The Balaban J connectivity index is 1.97. The summed E-state index contributed by atoms with van der Waals surface area (Å²) >= 11 is 0. The van der Waals surface area contributed by atoms with Crippen LogP contribution in [0.2, 0.25) is 0 Å². The summed E-state index contributed by atoms with van der Waals surface area (Å²) in [6.07, 6.45) is 4.16. The zero-order chi connectivity index (χ0) is 13.9. The van der Waals surface area contributed by atoms with Gasteiger partial charge in [-0.25, -0.2) is 0 Å². The summed E-state index contributed by atoms with van der Waals surface area (Å²) in [6.45, 7) is 0.839. The molecule has 1 amide bonds. The summed E-state index contributed by atoms with van der Waals surface area (Å²) in [7, 11) is 1.95. The van der Waals surface area contributed by atoms with Crippen LogP contribution in [0.1, 0.15) is 22.6 Å². The highest BCUT2D eigenvalue weighted by molar-refractivity contribution is 5.99. The van der Waals surface area contributed by atoms with Crippen LogP contribution in [-0.4, -0.2) is 24.5 Å². The molecule has 3 rings (SSSR count). The molecule has 0 radical (unpaired) electrons. The standard InChI is InChI=1S/C16H17N3O/c1-17-10-14(12-3-2-6-18-9-12)11-4-5-15-13(7-11)8-16(20)19-15/h2-7,9,14,17H,8,10H2,1H3,(H,19,20). The lowest BCUT2D eigenvalue weighted by Crippen LogP contribution is -2.18. The van der Waals surface area contributed by atoms with Crippen molar-refractivity contribution >= 4 is 11.6 Å². The van der Waals surface area contributed by atoms with Gasteiger partial charge >= 0.3 is 0 Å². The van der Waals surface area contributed by atoms with Crippen LogP contribution in [0.25, 0.3) is 0 Å². The van der Waals surface area contributed by atoms with E-state index in [1.165, 1.54) is 11.1 Å². The van der Waals surface area contributed by atoms with Gasteiger partial charge in [0.25, 0.3) is 0 Å². The maximum atomic E-state index is 11.4. The van der Waals surface area contributed by atoms with Crippen molar-refractivity contribution in [3.8, 4) is 0 Å². The molecule has 102 valence electrons. The maximum Gasteiger partial charge on any atom is 0.228 e. The smallest absolute Gasteiger partial charge is 0.228 e. The fourth-order valence-electron chi connectivity index (χ4n) is 2.68. The van der Waals surface area contributed by atoms with Crippen LogP contribution in [0.5, 0.6) is 0 Å². The Morgan fingerprint density at radius 1 is 1.35 bits per heavy atom. The highest BCUT2D eigenvalue weighted by Crippen LogP contribution is 2.30. The van der Waals surface area contributed by atoms with E-state index in [2.05, 4.69) is 33.8 Å². The Hall–Kier alpha value is -2.20. The van der Waals surface area contributed by atoms with E-state index in [4.69, 9.17) is 0 Å². The normalized spacial score (nSPS) is 14.8. The van der Waals surface area contributed by atoms with Gasteiger partial charge in [-0.2, -0.15) is 0 Å². The van der Waals surface area contributed by atoms with E-state index in [0.717, 1.165) is 17.8 Å². The molecule has 0 spiro atoms. The Bertz CT molecular complexity index is 625. The molecule has 1 atom stereocenters. The van der Waals surface area contributed by atoms with Gasteiger partial charge in [0.2, 0.25) is 5.91 Å². The zero-order valence-electron chi connectivity index (χ0n) is 11.4. The molecule has 0 aliphatic carbocycles.